The van der Waals surface area contributed by atoms with Crippen molar-refractivity contribution in [3.63, 3.8) is 0 Å². The molecular formula is C33H63N3O8. The lowest BCUT2D eigenvalue weighted by molar-refractivity contribution is -0.144. The van der Waals surface area contributed by atoms with Gasteiger partial charge in [0.15, 0.2) is 0 Å². The van der Waals surface area contributed by atoms with Crippen molar-refractivity contribution in [3.8, 4) is 0 Å². The van der Waals surface area contributed by atoms with Crippen LogP contribution in [0.4, 0.5) is 0 Å². The fraction of sp³-hybridized carbons (Fsp3) is 0.879. The van der Waals surface area contributed by atoms with Crippen molar-refractivity contribution in [2.24, 2.45) is 17.8 Å². The molecule has 11 nitrogen and oxygen atoms in total. The third-order valence-corrected chi connectivity index (χ3v) is 7.86. The van der Waals surface area contributed by atoms with Crippen LogP contribution in [0.25, 0.3) is 0 Å². The number of carbonyl (C=O) groups excluding carboxylic acids is 2. The van der Waals surface area contributed by atoms with E-state index in [1.807, 2.05) is 11.6 Å². The van der Waals surface area contributed by atoms with E-state index < -0.39 is 0 Å². The Balaban J connectivity index is 0.00000616. The van der Waals surface area contributed by atoms with E-state index >= 15 is 0 Å². The molecule has 11 heteroatoms. The van der Waals surface area contributed by atoms with E-state index in [1.165, 1.54) is 5.69 Å². The number of fused-ring (bicyclic) bond motifs is 2. The van der Waals surface area contributed by atoms with Crippen LogP contribution >= 0.6 is 0 Å². The molecule has 0 saturated heterocycles. The average molecular weight is 630 g/mol. The van der Waals surface area contributed by atoms with Gasteiger partial charge in [0.05, 0.1) is 70.8 Å². The van der Waals surface area contributed by atoms with Crippen molar-refractivity contribution < 1.29 is 38.0 Å². The predicted octanol–water partition coefficient (Wildman–Crippen LogP) is 5.11. The number of Topliss-reactive ketones (excluding diaryl/α,β-unsaturated/α-hetero) is 1. The number of aryl methyl sites for hydroxylation is 1. The first-order valence-electron chi connectivity index (χ1n) is 15.5. The topological polar surface area (TPSA) is 120 Å². The van der Waals surface area contributed by atoms with Crippen LogP contribution in [0.2, 0.25) is 0 Å². The van der Waals surface area contributed by atoms with E-state index in [9.17, 15) is 9.59 Å². The number of carbonyl (C=O) groups is 2. The number of hydrogen-bond donors (Lipinski definition) is 0. The number of methoxy groups -OCH3 is 1. The maximum absolute atomic E-state index is 12.1. The summed E-state index contributed by atoms with van der Waals surface area (Å²) in [5.41, 5.74) is 2.31. The average Bonchev–Trinajstić information content (AvgIpc) is 3.47. The van der Waals surface area contributed by atoms with Gasteiger partial charge in [0.2, 0.25) is 0 Å². The van der Waals surface area contributed by atoms with Crippen molar-refractivity contribution in [1.29, 1.82) is 0 Å². The zero-order chi connectivity index (χ0) is 29.1. The van der Waals surface area contributed by atoms with Crippen LogP contribution in [0.15, 0.2) is 0 Å². The molecule has 1 heterocycles. The van der Waals surface area contributed by atoms with E-state index in [2.05, 4.69) is 10.3 Å². The highest BCUT2D eigenvalue weighted by Crippen LogP contribution is 2.52. The predicted molar refractivity (Wildman–Crippen MR) is 172 cm³/mol. The van der Waals surface area contributed by atoms with E-state index in [-0.39, 0.29) is 28.2 Å². The highest BCUT2D eigenvalue weighted by molar-refractivity contribution is 5.78. The minimum Gasteiger partial charge on any atom is -0.465 e. The van der Waals surface area contributed by atoms with Gasteiger partial charge < -0.3 is 28.4 Å². The van der Waals surface area contributed by atoms with Crippen molar-refractivity contribution in [2.75, 3.05) is 73.2 Å². The van der Waals surface area contributed by atoms with Crippen LogP contribution in [0.5, 0.6) is 0 Å². The Morgan fingerprint density at radius 1 is 0.773 bits per heavy atom. The number of hydrogen-bond acceptors (Lipinski definition) is 10. The third-order valence-electron chi connectivity index (χ3n) is 7.86. The van der Waals surface area contributed by atoms with Gasteiger partial charge in [-0.2, -0.15) is 0 Å². The van der Waals surface area contributed by atoms with Crippen LogP contribution in [-0.4, -0.2) is 99.9 Å². The molecule has 2 aliphatic carbocycles. The number of nitrogens with zero attached hydrogens (tertiary/aromatic N) is 3. The molecule has 0 radical (unpaired) electrons. The molecular weight excluding hydrogens is 566 g/mol. The molecule has 1 saturated carbocycles. The molecule has 44 heavy (non-hydrogen) atoms. The molecule has 1 aromatic heterocycles. The van der Waals surface area contributed by atoms with E-state index in [0.29, 0.717) is 122 Å². The van der Waals surface area contributed by atoms with Crippen LogP contribution in [0.3, 0.4) is 0 Å². The maximum atomic E-state index is 12.1. The van der Waals surface area contributed by atoms with Crippen LogP contribution < -0.4 is 0 Å². The van der Waals surface area contributed by atoms with Crippen molar-refractivity contribution >= 4 is 11.8 Å². The Kier molecular flexibility index (Phi) is 24.2. The standard InChI is InChI=1S/C30H51N3O8.3CH4/c1-3-6-24(34)7-4-14-38-19-21-40-22-20-39-16-13-33-29-12-10-26-25(9-11-28(29)31-32-33)27(26)23-41-30(35)8-5-15-37-18-17-36-2;;;/h25-27H,3-23H2,1-2H3;3*1H4. The molecule has 1 aromatic rings. The molecule has 0 N–H and O–H groups in total. The number of ketones is 1. The highest BCUT2D eigenvalue weighted by Gasteiger charge is 2.50. The second kappa shape index (κ2) is 25.3. The Hall–Kier alpha value is -1.92. The van der Waals surface area contributed by atoms with Crippen LogP contribution in [-0.2, 0) is 57.4 Å². The lowest BCUT2D eigenvalue weighted by atomic mass is 10.0. The minimum atomic E-state index is -0.133. The lowest BCUT2D eigenvalue weighted by Crippen LogP contribution is -2.15. The summed E-state index contributed by atoms with van der Waals surface area (Å²) in [4.78, 5) is 23.6. The molecule has 0 aliphatic heterocycles. The first-order chi connectivity index (χ1) is 20.1. The van der Waals surface area contributed by atoms with Gasteiger partial charge in [-0.05, 0) is 62.7 Å². The van der Waals surface area contributed by atoms with Gasteiger partial charge in [0.1, 0.15) is 5.78 Å². The van der Waals surface area contributed by atoms with Gasteiger partial charge in [-0.3, -0.25) is 9.59 Å². The van der Waals surface area contributed by atoms with Gasteiger partial charge in [-0.15, -0.1) is 5.10 Å². The SMILES string of the molecule is C.C.C.CCCC(=O)CCCOCCOCCOCCn1nnc2c1CCC1C(CC2)C1COC(=O)CCCOCCOC. The zero-order valence-electron chi connectivity index (χ0n) is 25.2. The molecule has 3 atom stereocenters. The first-order valence-corrected chi connectivity index (χ1v) is 15.5. The number of ether oxygens (including phenoxy) is 6. The summed E-state index contributed by atoms with van der Waals surface area (Å²) < 4.78 is 34.7. The number of rotatable bonds is 24. The Labute approximate surface area is 267 Å². The number of aromatic nitrogens is 3. The molecule has 2 aliphatic rings. The van der Waals surface area contributed by atoms with Crippen molar-refractivity contribution in [3.05, 3.63) is 11.4 Å². The van der Waals surface area contributed by atoms with E-state index in [4.69, 9.17) is 28.4 Å². The molecule has 0 amide bonds. The summed E-state index contributed by atoms with van der Waals surface area (Å²) in [5, 5.41) is 8.84. The monoisotopic (exact) mass is 629 g/mol. The first kappa shape index (κ1) is 42.1. The lowest BCUT2D eigenvalue weighted by Gasteiger charge is -2.11. The summed E-state index contributed by atoms with van der Waals surface area (Å²) in [6, 6.07) is 0. The fourth-order valence-electron chi connectivity index (χ4n) is 5.54. The van der Waals surface area contributed by atoms with Gasteiger partial charge >= 0.3 is 5.97 Å². The smallest absolute Gasteiger partial charge is 0.305 e. The Bertz CT molecular complexity index is 881. The van der Waals surface area contributed by atoms with Gasteiger partial charge in [-0.25, -0.2) is 4.68 Å². The molecule has 258 valence electrons. The van der Waals surface area contributed by atoms with Crippen molar-refractivity contribution in [2.45, 2.75) is 100.0 Å². The summed E-state index contributed by atoms with van der Waals surface area (Å²) >= 11 is 0. The van der Waals surface area contributed by atoms with Crippen molar-refractivity contribution in [1.82, 2.24) is 15.0 Å². The highest BCUT2D eigenvalue weighted by atomic mass is 16.5. The van der Waals surface area contributed by atoms with E-state index in [0.717, 1.165) is 44.2 Å². The fourth-order valence-corrected chi connectivity index (χ4v) is 5.54. The van der Waals surface area contributed by atoms with Crippen LogP contribution in [0.1, 0.15) is 92.0 Å². The molecule has 3 rings (SSSR count). The normalized spacial score (nSPS) is 18.4. The van der Waals surface area contributed by atoms with Gasteiger partial charge in [0.25, 0.3) is 0 Å². The largest absolute Gasteiger partial charge is 0.465 e. The molecule has 0 aromatic carbocycles. The second-order valence-electron chi connectivity index (χ2n) is 10.9. The molecule has 3 unspecified atom stereocenters. The maximum Gasteiger partial charge on any atom is 0.305 e. The Morgan fingerprint density at radius 2 is 1.36 bits per heavy atom. The van der Waals surface area contributed by atoms with Gasteiger partial charge in [0, 0.05) is 39.6 Å². The van der Waals surface area contributed by atoms with E-state index in [1.54, 1.807) is 7.11 Å². The molecule has 0 bridgehead atoms. The number of esters is 1. The Morgan fingerprint density at radius 3 is 2.02 bits per heavy atom. The second-order valence-corrected chi connectivity index (χ2v) is 10.9. The zero-order valence-corrected chi connectivity index (χ0v) is 25.2. The summed E-state index contributed by atoms with van der Waals surface area (Å²) in [6.45, 7) is 8.14. The molecule has 1 fully saturated rings. The summed E-state index contributed by atoms with van der Waals surface area (Å²) in [6.07, 6.45) is 8.04. The minimum absolute atomic E-state index is 0. The van der Waals surface area contributed by atoms with Crippen LogP contribution in [0, 0.1) is 17.8 Å². The van der Waals surface area contributed by atoms with Gasteiger partial charge in [-0.1, -0.05) is 34.4 Å². The summed E-state index contributed by atoms with van der Waals surface area (Å²) in [5.74, 6) is 1.87. The molecule has 0 spiro atoms. The summed E-state index contributed by atoms with van der Waals surface area (Å²) in [7, 11) is 1.64. The quantitative estimate of drug-likeness (QED) is 0.113. The third kappa shape index (κ3) is 15.9.